The van der Waals surface area contributed by atoms with Crippen LogP contribution in [0.1, 0.15) is 226 Å². The second-order valence-corrected chi connectivity index (χ2v) is 18.2. The van der Waals surface area contributed by atoms with Gasteiger partial charge in [0.05, 0.1) is 25.4 Å². The molecule has 0 spiro atoms. The maximum Gasteiger partial charge on any atom is 0.249 e. The lowest BCUT2D eigenvalue weighted by Crippen LogP contribution is -2.60. The van der Waals surface area contributed by atoms with E-state index in [1.807, 2.05) is 0 Å². The zero-order chi connectivity index (χ0) is 45.5. The standard InChI is InChI=1S/C51H97NO10/c1-3-5-7-9-11-12-13-14-15-16-17-18-19-20-21-22-23-24-25-26-27-28-29-30-31-33-35-37-39-44(55)50(60)52-42(46(56)43(54)38-36-34-32-10-8-6-4-2)41-61-51-49(59)48(58)47(57)45(40-53)62-51/h17-18,20-21,42-49,51,53-59H,3-16,19,22-41H2,1-2H3,(H,52,60)/b18-17-,21-20-. The van der Waals surface area contributed by atoms with Gasteiger partial charge in [0.15, 0.2) is 6.29 Å². The Morgan fingerprint density at radius 2 is 0.984 bits per heavy atom. The van der Waals surface area contributed by atoms with Gasteiger partial charge in [-0.05, 0) is 44.9 Å². The molecule has 9 atom stereocenters. The predicted octanol–water partition coefficient (Wildman–Crippen LogP) is 9.40. The molecule has 0 radical (unpaired) electrons. The molecule has 1 fully saturated rings. The molecule has 0 aliphatic carbocycles. The molecular formula is C51H97NO10. The van der Waals surface area contributed by atoms with Gasteiger partial charge in [0, 0.05) is 0 Å². The number of hydrogen-bond donors (Lipinski definition) is 8. The third-order valence-corrected chi connectivity index (χ3v) is 12.5. The van der Waals surface area contributed by atoms with E-state index in [0.717, 1.165) is 51.4 Å². The molecule has 366 valence electrons. The van der Waals surface area contributed by atoms with Crippen molar-refractivity contribution in [3.8, 4) is 0 Å². The molecule has 1 aliphatic rings. The summed E-state index contributed by atoms with van der Waals surface area (Å²) in [4.78, 5) is 13.1. The first-order valence-corrected chi connectivity index (χ1v) is 25.7. The Morgan fingerprint density at radius 1 is 0.565 bits per heavy atom. The molecule has 1 saturated heterocycles. The van der Waals surface area contributed by atoms with Crippen LogP contribution in [-0.4, -0.2) is 110 Å². The minimum absolute atomic E-state index is 0.259. The summed E-state index contributed by atoms with van der Waals surface area (Å²) in [6, 6.07) is -1.16. The number of amides is 1. The Bertz CT molecular complexity index is 1060. The van der Waals surface area contributed by atoms with Gasteiger partial charge in [-0.3, -0.25) is 4.79 Å². The molecule has 0 bridgehead atoms. The zero-order valence-electron chi connectivity index (χ0n) is 39.6. The lowest BCUT2D eigenvalue weighted by atomic mass is 9.98. The molecule has 62 heavy (non-hydrogen) atoms. The van der Waals surface area contributed by atoms with Crippen molar-refractivity contribution < 1.29 is 50.0 Å². The molecule has 0 aromatic rings. The number of aliphatic hydroxyl groups excluding tert-OH is 7. The first-order valence-electron chi connectivity index (χ1n) is 25.7. The highest BCUT2D eigenvalue weighted by Crippen LogP contribution is 2.23. The summed E-state index contributed by atoms with van der Waals surface area (Å²) in [5.74, 6) is -0.700. The first-order chi connectivity index (χ1) is 30.2. The highest BCUT2D eigenvalue weighted by Gasteiger charge is 2.44. The number of carbonyl (C=O) groups excluding carboxylic acids is 1. The van der Waals surface area contributed by atoms with Crippen molar-refractivity contribution in [2.24, 2.45) is 0 Å². The van der Waals surface area contributed by atoms with Gasteiger partial charge in [0.2, 0.25) is 5.91 Å². The van der Waals surface area contributed by atoms with E-state index in [9.17, 15) is 40.5 Å². The molecule has 8 N–H and O–H groups in total. The molecule has 1 heterocycles. The molecule has 1 rings (SSSR count). The summed E-state index contributed by atoms with van der Waals surface area (Å²) >= 11 is 0. The summed E-state index contributed by atoms with van der Waals surface area (Å²) in [5.41, 5.74) is 0. The first kappa shape index (κ1) is 58.6. The number of nitrogens with one attached hydrogen (secondary N) is 1. The van der Waals surface area contributed by atoms with Gasteiger partial charge in [-0.25, -0.2) is 0 Å². The van der Waals surface area contributed by atoms with Crippen molar-refractivity contribution in [1.82, 2.24) is 5.32 Å². The number of rotatable bonds is 43. The Labute approximate surface area is 378 Å². The minimum atomic E-state index is -1.66. The van der Waals surface area contributed by atoms with E-state index in [1.54, 1.807) is 0 Å². The molecule has 11 heteroatoms. The normalized spacial score (nSPS) is 21.5. The largest absolute Gasteiger partial charge is 0.394 e. The Kier molecular flexibility index (Phi) is 38.8. The molecular weight excluding hydrogens is 787 g/mol. The second-order valence-electron chi connectivity index (χ2n) is 18.2. The number of allylic oxidation sites excluding steroid dienone is 4. The molecule has 0 aromatic heterocycles. The second kappa shape index (κ2) is 41.1. The Balaban J connectivity index is 2.21. The predicted molar refractivity (Wildman–Crippen MR) is 252 cm³/mol. The summed E-state index contributed by atoms with van der Waals surface area (Å²) in [6.45, 7) is 3.38. The third kappa shape index (κ3) is 29.9. The van der Waals surface area contributed by atoms with E-state index in [-0.39, 0.29) is 6.42 Å². The highest BCUT2D eigenvalue weighted by atomic mass is 16.7. The average molecular weight is 884 g/mol. The lowest BCUT2D eigenvalue weighted by Gasteiger charge is -2.40. The van der Waals surface area contributed by atoms with Crippen LogP contribution in [0, 0.1) is 0 Å². The molecule has 1 amide bonds. The molecule has 0 saturated carbocycles. The molecule has 0 aromatic carbocycles. The van der Waals surface area contributed by atoms with E-state index < -0.39 is 74.2 Å². The van der Waals surface area contributed by atoms with Gasteiger partial charge in [-0.2, -0.15) is 0 Å². The fraction of sp³-hybridized carbons (Fsp3) is 0.902. The van der Waals surface area contributed by atoms with E-state index in [1.165, 1.54) is 135 Å². The van der Waals surface area contributed by atoms with E-state index >= 15 is 0 Å². The van der Waals surface area contributed by atoms with Crippen molar-refractivity contribution in [3.63, 3.8) is 0 Å². The van der Waals surface area contributed by atoms with Gasteiger partial charge >= 0.3 is 0 Å². The highest BCUT2D eigenvalue weighted by molar-refractivity contribution is 5.80. The topological polar surface area (TPSA) is 189 Å². The van der Waals surface area contributed by atoms with Crippen LogP contribution in [0.15, 0.2) is 24.3 Å². The maximum atomic E-state index is 13.1. The van der Waals surface area contributed by atoms with Crippen LogP contribution in [0.2, 0.25) is 0 Å². The third-order valence-electron chi connectivity index (χ3n) is 12.5. The Hall–Kier alpha value is -1.41. The minimum Gasteiger partial charge on any atom is -0.394 e. The van der Waals surface area contributed by atoms with Crippen molar-refractivity contribution in [2.75, 3.05) is 13.2 Å². The summed E-state index contributed by atoms with van der Waals surface area (Å²) in [6.07, 6.45) is 35.6. The lowest BCUT2D eigenvalue weighted by molar-refractivity contribution is -0.303. The molecule has 1 aliphatic heterocycles. The van der Waals surface area contributed by atoms with Crippen LogP contribution >= 0.6 is 0 Å². The Morgan fingerprint density at radius 3 is 1.44 bits per heavy atom. The number of aliphatic hydroxyl groups is 7. The smallest absolute Gasteiger partial charge is 0.249 e. The molecule has 11 nitrogen and oxygen atoms in total. The number of unbranched alkanes of at least 4 members (excludes halogenated alkanes) is 27. The van der Waals surface area contributed by atoms with Crippen LogP contribution in [-0.2, 0) is 14.3 Å². The quantitative estimate of drug-likeness (QED) is 0.0216. The summed E-state index contributed by atoms with van der Waals surface area (Å²) < 4.78 is 11.1. The van der Waals surface area contributed by atoms with Crippen LogP contribution in [0.25, 0.3) is 0 Å². The van der Waals surface area contributed by atoms with E-state index in [0.29, 0.717) is 19.3 Å². The number of hydrogen-bond acceptors (Lipinski definition) is 10. The van der Waals surface area contributed by atoms with Crippen LogP contribution in [0.3, 0.4) is 0 Å². The van der Waals surface area contributed by atoms with Crippen LogP contribution in [0.4, 0.5) is 0 Å². The number of ether oxygens (including phenoxy) is 2. The van der Waals surface area contributed by atoms with Gasteiger partial charge in [0.25, 0.3) is 0 Å². The van der Waals surface area contributed by atoms with Gasteiger partial charge in [-0.15, -0.1) is 0 Å². The van der Waals surface area contributed by atoms with Crippen LogP contribution in [0.5, 0.6) is 0 Å². The van der Waals surface area contributed by atoms with E-state index in [2.05, 4.69) is 43.5 Å². The van der Waals surface area contributed by atoms with E-state index in [4.69, 9.17) is 9.47 Å². The van der Waals surface area contributed by atoms with Crippen LogP contribution < -0.4 is 5.32 Å². The monoisotopic (exact) mass is 884 g/mol. The fourth-order valence-electron chi connectivity index (χ4n) is 8.24. The van der Waals surface area contributed by atoms with Crippen molar-refractivity contribution >= 4 is 5.91 Å². The van der Waals surface area contributed by atoms with Crippen molar-refractivity contribution in [3.05, 3.63) is 24.3 Å². The van der Waals surface area contributed by atoms with Crippen molar-refractivity contribution in [2.45, 2.75) is 281 Å². The summed E-state index contributed by atoms with van der Waals surface area (Å²) in [5, 5.41) is 75.4. The average Bonchev–Trinajstić information content (AvgIpc) is 3.27. The zero-order valence-corrected chi connectivity index (χ0v) is 39.6. The van der Waals surface area contributed by atoms with Gasteiger partial charge < -0.3 is 50.5 Å². The SMILES string of the molecule is CCCCCCCCCCC/C=C\C/C=C\CCCCCCCCCCCCCCC(O)C(=O)NC(COC1OC(CO)C(O)C(O)C1O)C(O)C(O)CCCCCCCCC. The maximum absolute atomic E-state index is 13.1. The fourth-order valence-corrected chi connectivity index (χ4v) is 8.24. The number of carbonyl (C=O) groups is 1. The summed E-state index contributed by atoms with van der Waals surface area (Å²) in [7, 11) is 0. The van der Waals surface area contributed by atoms with Crippen molar-refractivity contribution in [1.29, 1.82) is 0 Å². The van der Waals surface area contributed by atoms with Gasteiger partial charge in [0.1, 0.15) is 36.6 Å². The van der Waals surface area contributed by atoms with Gasteiger partial charge in [-0.1, -0.05) is 205 Å². The molecule has 9 unspecified atom stereocenters.